The highest BCUT2D eigenvalue weighted by Gasteiger charge is 2.39. The van der Waals surface area contributed by atoms with Crippen LogP contribution in [0.25, 0.3) is 10.2 Å². The molecule has 2 atom stereocenters. The van der Waals surface area contributed by atoms with Gasteiger partial charge in [0, 0.05) is 29.9 Å². The Hall–Kier alpha value is -3.90. The Balaban J connectivity index is 0.000000601. The monoisotopic (exact) mass is 455 g/mol. The van der Waals surface area contributed by atoms with E-state index in [-0.39, 0.29) is 12.1 Å². The lowest BCUT2D eigenvalue weighted by atomic mass is 10.1. The molecule has 4 aromatic rings. The Bertz CT molecular complexity index is 1230. The normalized spacial score (nSPS) is 16.1. The fourth-order valence-corrected chi connectivity index (χ4v) is 4.22. The van der Waals surface area contributed by atoms with E-state index < -0.39 is 0 Å². The first-order chi connectivity index (χ1) is 16.2. The molecule has 2 unspecified atom stereocenters. The molecule has 0 saturated heterocycles. The summed E-state index contributed by atoms with van der Waals surface area (Å²) in [5.41, 5.74) is 2.93. The molecule has 2 aromatic heterocycles. The number of rotatable bonds is 6. The second-order valence-corrected chi connectivity index (χ2v) is 8.42. The van der Waals surface area contributed by atoms with Crippen LogP contribution in [0.3, 0.4) is 0 Å². The fraction of sp³-hybridized carbons (Fsp3) is 0.111. The van der Waals surface area contributed by atoms with Gasteiger partial charge in [-0.15, -0.1) is 11.3 Å². The van der Waals surface area contributed by atoms with Crippen molar-refractivity contribution >= 4 is 33.3 Å². The molecular formula is C27H25N3O2S. The van der Waals surface area contributed by atoms with E-state index in [1.807, 2.05) is 60.0 Å². The molecule has 166 valence electrons. The van der Waals surface area contributed by atoms with Gasteiger partial charge in [-0.1, -0.05) is 55.6 Å². The predicted octanol–water partition coefficient (Wildman–Crippen LogP) is 7.12. The number of thiophene rings is 1. The van der Waals surface area contributed by atoms with Crippen LogP contribution in [-0.4, -0.2) is 17.1 Å². The van der Waals surface area contributed by atoms with Gasteiger partial charge in [0.05, 0.1) is 10.2 Å². The molecule has 33 heavy (non-hydrogen) atoms. The molecule has 1 aliphatic rings. The second kappa shape index (κ2) is 10.6. The first kappa shape index (κ1) is 22.3. The average molecular weight is 456 g/mol. The molecule has 1 fully saturated rings. The highest BCUT2D eigenvalue weighted by Crippen LogP contribution is 2.40. The minimum atomic E-state index is -0.184. The minimum absolute atomic E-state index is 0.184. The molecular weight excluding hydrogens is 430 g/mol. The summed E-state index contributed by atoms with van der Waals surface area (Å²) < 4.78 is 7.01. The number of hydrogen-bond donors (Lipinski definition) is 2. The van der Waals surface area contributed by atoms with Crippen LogP contribution in [0.1, 0.15) is 17.9 Å². The van der Waals surface area contributed by atoms with Crippen LogP contribution < -0.4 is 15.4 Å². The average Bonchev–Trinajstić information content (AvgIpc) is 3.43. The summed E-state index contributed by atoms with van der Waals surface area (Å²) >= 11 is 1.60. The van der Waals surface area contributed by atoms with Gasteiger partial charge >= 0.3 is 6.03 Å². The van der Waals surface area contributed by atoms with E-state index in [9.17, 15) is 4.79 Å². The fourth-order valence-electron chi connectivity index (χ4n) is 3.42. The van der Waals surface area contributed by atoms with Gasteiger partial charge < -0.3 is 15.4 Å². The van der Waals surface area contributed by atoms with Crippen molar-refractivity contribution in [1.82, 2.24) is 10.3 Å². The number of nitrogens with one attached hydrogen (secondary N) is 2. The summed E-state index contributed by atoms with van der Waals surface area (Å²) in [6, 6.07) is 21.5. The molecule has 2 aromatic carbocycles. The molecule has 2 heterocycles. The first-order valence-electron chi connectivity index (χ1n) is 10.6. The number of urea groups is 1. The van der Waals surface area contributed by atoms with Crippen molar-refractivity contribution < 1.29 is 9.53 Å². The Labute approximate surface area is 197 Å². The third kappa shape index (κ3) is 5.87. The number of amides is 2. The van der Waals surface area contributed by atoms with E-state index in [0.29, 0.717) is 11.7 Å². The smallest absolute Gasteiger partial charge is 0.319 e. The van der Waals surface area contributed by atoms with Crippen LogP contribution >= 0.6 is 11.3 Å². The van der Waals surface area contributed by atoms with E-state index in [1.54, 1.807) is 29.7 Å². The Kier molecular flexibility index (Phi) is 7.17. The predicted molar refractivity (Wildman–Crippen MR) is 136 cm³/mol. The number of hydrogen-bond acceptors (Lipinski definition) is 4. The highest BCUT2D eigenvalue weighted by molar-refractivity contribution is 7.17. The Morgan fingerprint density at radius 2 is 1.79 bits per heavy atom. The molecule has 2 amide bonds. The van der Waals surface area contributed by atoms with Crippen LogP contribution in [0, 0.1) is 0 Å². The zero-order chi connectivity index (χ0) is 23.0. The van der Waals surface area contributed by atoms with Gasteiger partial charge in [-0.05, 0) is 47.7 Å². The number of ether oxygens (including phenoxy) is 1. The van der Waals surface area contributed by atoms with Gasteiger partial charge in [-0.2, -0.15) is 0 Å². The molecule has 5 rings (SSSR count). The number of aromatic nitrogens is 1. The van der Waals surface area contributed by atoms with Crippen molar-refractivity contribution in [2.75, 3.05) is 5.32 Å². The number of nitrogens with zero attached hydrogens (tertiary/aromatic N) is 1. The Morgan fingerprint density at radius 1 is 1.03 bits per heavy atom. The van der Waals surface area contributed by atoms with Crippen LogP contribution in [-0.2, 0) is 0 Å². The van der Waals surface area contributed by atoms with E-state index in [4.69, 9.17) is 4.74 Å². The summed E-state index contributed by atoms with van der Waals surface area (Å²) in [5, 5.41) is 7.92. The molecule has 0 radical (unpaired) electrons. The maximum Gasteiger partial charge on any atom is 0.319 e. The zero-order valence-electron chi connectivity index (χ0n) is 18.1. The lowest BCUT2D eigenvalue weighted by molar-refractivity contribution is 0.251. The van der Waals surface area contributed by atoms with Crippen LogP contribution in [0.4, 0.5) is 10.5 Å². The molecule has 0 aliphatic heterocycles. The van der Waals surface area contributed by atoms with Crippen molar-refractivity contribution in [2.45, 2.75) is 18.4 Å². The first-order valence-corrected chi connectivity index (χ1v) is 11.5. The van der Waals surface area contributed by atoms with Crippen LogP contribution in [0.15, 0.2) is 104 Å². The molecule has 1 saturated carbocycles. The number of carbonyl (C=O) groups excluding carboxylic acids is 1. The van der Waals surface area contributed by atoms with Gasteiger partial charge in [0.1, 0.15) is 11.5 Å². The van der Waals surface area contributed by atoms with E-state index >= 15 is 0 Å². The molecule has 2 N–H and O–H groups in total. The van der Waals surface area contributed by atoms with Crippen molar-refractivity contribution in [3.8, 4) is 11.5 Å². The van der Waals surface area contributed by atoms with Gasteiger partial charge in [0.15, 0.2) is 0 Å². The standard InChI is InChI=1S/C23H19N3O2S.C4H6/c27-23(26-20-14-18(20)15-4-2-1-3-5-15)25-16-6-8-17(9-7-16)28-21-10-12-24-19-11-13-29-22(19)21;1-3-4-2/h1-13,18,20H,14H2,(H2,25,26,27);3-4H,1-2H2. The van der Waals surface area contributed by atoms with Gasteiger partial charge in [0.2, 0.25) is 0 Å². The van der Waals surface area contributed by atoms with E-state index in [1.165, 1.54) is 5.56 Å². The largest absolute Gasteiger partial charge is 0.456 e. The molecule has 6 heteroatoms. The highest BCUT2D eigenvalue weighted by atomic mass is 32.1. The van der Waals surface area contributed by atoms with Crippen molar-refractivity contribution in [2.24, 2.45) is 0 Å². The SMILES string of the molecule is C=CC=C.O=C(Nc1ccc(Oc2ccnc3ccsc23)cc1)NC1CC1c1ccccc1. The minimum Gasteiger partial charge on any atom is -0.456 e. The lowest BCUT2D eigenvalue weighted by Crippen LogP contribution is -2.31. The van der Waals surface area contributed by atoms with E-state index in [0.717, 1.165) is 28.1 Å². The number of carbonyl (C=O) groups is 1. The van der Waals surface area contributed by atoms with Gasteiger partial charge in [0.25, 0.3) is 0 Å². The molecule has 5 nitrogen and oxygen atoms in total. The van der Waals surface area contributed by atoms with Gasteiger partial charge in [-0.3, -0.25) is 4.98 Å². The number of benzene rings is 2. The van der Waals surface area contributed by atoms with Crippen molar-refractivity contribution in [3.05, 3.63) is 109 Å². The van der Waals surface area contributed by atoms with Crippen molar-refractivity contribution in [3.63, 3.8) is 0 Å². The molecule has 0 bridgehead atoms. The summed E-state index contributed by atoms with van der Waals surface area (Å²) in [4.78, 5) is 16.6. The molecule has 0 spiro atoms. The maximum absolute atomic E-state index is 12.3. The summed E-state index contributed by atoms with van der Waals surface area (Å²) in [5.74, 6) is 1.90. The molecule has 1 aliphatic carbocycles. The number of pyridine rings is 1. The summed E-state index contributed by atoms with van der Waals surface area (Å²) in [6.07, 6.45) is 6.00. The van der Waals surface area contributed by atoms with Crippen LogP contribution in [0.2, 0.25) is 0 Å². The summed E-state index contributed by atoms with van der Waals surface area (Å²) in [7, 11) is 0. The third-order valence-electron chi connectivity index (χ3n) is 5.15. The Morgan fingerprint density at radius 3 is 2.52 bits per heavy atom. The number of anilines is 1. The number of fused-ring (bicyclic) bond motifs is 1. The van der Waals surface area contributed by atoms with Crippen molar-refractivity contribution in [1.29, 1.82) is 0 Å². The maximum atomic E-state index is 12.3. The van der Waals surface area contributed by atoms with Gasteiger partial charge in [-0.25, -0.2) is 4.79 Å². The van der Waals surface area contributed by atoms with E-state index in [2.05, 4.69) is 40.9 Å². The topological polar surface area (TPSA) is 63.2 Å². The zero-order valence-corrected chi connectivity index (χ0v) is 18.9. The third-order valence-corrected chi connectivity index (χ3v) is 6.07. The quantitative estimate of drug-likeness (QED) is 0.304. The van der Waals surface area contributed by atoms with Crippen LogP contribution in [0.5, 0.6) is 11.5 Å². The summed E-state index contributed by atoms with van der Waals surface area (Å²) in [6.45, 7) is 6.72. The second-order valence-electron chi connectivity index (χ2n) is 7.50. The lowest BCUT2D eigenvalue weighted by Gasteiger charge is -2.10. The number of allylic oxidation sites excluding steroid dienone is 2.